The van der Waals surface area contributed by atoms with Crippen molar-refractivity contribution in [1.29, 1.82) is 0 Å². The largest absolute Gasteiger partial charge is 0.497 e. The lowest BCUT2D eigenvalue weighted by molar-refractivity contribution is 0.415. The average molecular weight is 219 g/mol. The second-order valence-corrected chi connectivity index (χ2v) is 3.76. The van der Waals surface area contributed by atoms with Crippen LogP contribution in [0.4, 0.5) is 0 Å². The topological polar surface area (TPSA) is 14.2 Å². The van der Waals surface area contributed by atoms with E-state index in [-0.39, 0.29) is 0 Å². The van der Waals surface area contributed by atoms with Crippen molar-refractivity contribution in [2.45, 2.75) is 13.5 Å². The Morgan fingerprint density at radius 3 is 2.73 bits per heavy atom. The van der Waals surface area contributed by atoms with Crippen LogP contribution < -0.4 is 4.74 Å². The first-order valence-corrected chi connectivity index (χ1v) is 5.34. The minimum absolute atomic E-state index is 0.871. The van der Waals surface area contributed by atoms with Crippen molar-refractivity contribution >= 4 is 23.1 Å². The van der Waals surface area contributed by atoms with E-state index >= 15 is 0 Å². The van der Waals surface area contributed by atoms with Gasteiger partial charge in [-0.1, -0.05) is 12.2 Å². The van der Waals surface area contributed by atoms with Gasteiger partial charge in [-0.25, -0.2) is 0 Å². The fourth-order valence-electron chi connectivity index (χ4n) is 1.73. The van der Waals surface area contributed by atoms with Gasteiger partial charge in [0.2, 0.25) is 0 Å². The number of aromatic nitrogens is 1. The Balaban J connectivity index is 2.78. The Bertz CT molecular complexity index is 545. The molecule has 0 atom stereocenters. The molecule has 78 valence electrons. The summed E-state index contributed by atoms with van der Waals surface area (Å²) in [4.78, 5) is 0. The van der Waals surface area contributed by atoms with Crippen LogP contribution in [0.15, 0.2) is 30.3 Å². The number of rotatable bonds is 2. The van der Waals surface area contributed by atoms with E-state index in [9.17, 15) is 0 Å². The molecule has 0 aliphatic carbocycles. The van der Waals surface area contributed by atoms with Gasteiger partial charge in [0.1, 0.15) is 10.4 Å². The molecule has 2 nitrogen and oxygen atoms in total. The molecule has 0 aliphatic rings. The minimum Gasteiger partial charge on any atom is -0.497 e. The minimum atomic E-state index is 0.871. The number of methoxy groups -OCH3 is 1. The predicted molar refractivity (Wildman–Crippen MR) is 65.0 cm³/mol. The molecule has 2 rings (SSSR count). The van der Waals surface area contributed by atoms with Crippen molar-refractivity contribution in [3.8, 4) is 5.75 Å². The molecule has 0 aliphatic heterocycles. The molecule has 0 amide bonds. The number of benzene rings is 1. The number of fused-ring (bicyclic) bond motifs is 1. The van der Waals surface area contributed by atoms with Crippen molar-refractivity contribution in [3.05, 3.63) is 35.0 Å². The first-order chi connectivity index (χ1) is 7.26. The van der Waals surface area contributed by atoms with Crippen LogP contribution in [0.2, 0.25) is 0 Å². The van der Waals surface area contributed by atoms with Gasteiger partial charge < -0.3 is 9.30 Å². The zero-order chi connectivity index (χ0) is 10.8. The van der Waals surface area contributed by atoms with Crippen LogP contribution in [-0.4, -0.2) is 11.7 Å². The summed E-state index contributed by atoms with van der Waals surface area (Å²) in [7, 11) is 1.68. The summed E-state index contributed by atoms with van der Waals surface area (Å²) in [5, 5.41) is 1.16. The molecular formula is C12H13NOS. The van der Waals surface area contributed by atoms with E-state index in [0.717, 1.165) is 27.8 Å². The summed E-state index contributed by atoms with van der Waals surface area (Å²) in [6.07, 6.45) is 0. The molecule has 1 aromatic carbocycles. The van der Waals surface area contributed by atoms with E-state index in [2.05, 4.69) is 11.5 Å². The van der Waals surface area contributed by atoms with Crippen LogP contribution in [0.1, 0.15) is 6.92 Å². The molecule has 3 heteroatoms. The lowest BCUT2D eigenvalue weighted by atomic mass is 10.2. The van der Waals surface area contributed by atoms with E-state index in [4.69, 9.17) is 17.0 Å². The monoisotopic (exact) mass is 219 g/mol. The smallest absolute Gasteiger partial charge is 0.119 e. The summed E-state index contributed by atoms with van der Waals surface area (Å²) in [5.74, 6) is 0.877. The molecule has 2 aromatic rings. The van der Waals surface area contributed by atoms with Gasteiger partial charge in [-0.05, 0) is 37.3 Å². The van der Waals surface area contributed by atoms with Crippen molar-refractivity contribution in [2.75, 3.05) is 7.11 Å². The van der Waals surface area contributed by atoms with Gasteiger partial charge in [0.25, 0.3) is 0 Å². The quantitative estimate of drug-likeness (QED) is 0.719. The van der Waals surface area contributed by atoms with Gasteiger partial charge in [0.15, 0.2) is 0 Å². The molecule has 1 heterocycles. The highest BCUT2D eigenvalue weighted by Crippen LogP contribution is 2.20. The van der Waals surface area contributed by atoms with Crippen LogP contribution >= 0.6 is 12.2 Å². The van der Waals surface area contributed by atoms with Gasteiger partial charge in [0, 0.05) is 17.4 Å². The van der Waals surface area contributed by atoms with Crippen LogP contribution in [-0.2, 0) is 6.54 Å². The number of ether oxygens (including phenoxy) is 1. The summed E-state index contributed by atoms with van der Waals surface area (Å²) in [6, 6.07) is 10.0. The van der Waals surface area contributed by atoms with Gasteiger partial charge in [-0.3, -0.25) is 0 Å². The molecule has 0 saturated carbocycles. The number of hydrogen-bond donors (Lipinski definition) is 0. The zero-order valence-electron chi connectivity index (χ0n) is 8.86. The molecule has 0 unspecified atom stereocenters. The van der Waals surface area contributed by atoms with Crippen molar-refractivity contribution in [3.63, 3.8) is 0 Å². The maximum absolute atomic E-state index is 5.27. The van der Waals surface area contributed by atoms with Crippen molar-refractivity contribution in [1.82, 2.24) is 4.57 Å². The van der Waals surface area contributed by atoms with E-state index in [1.807, 2.05) is 30.3 Å². The van der Waals surface area contributed by atoms with Gasteiger partial charge in [0.05, 0.1) is 7.11 Å². The SMILES string of the molecule is CCn1c(=S)ccc2cc(OC)ccc21. The lowest BCUT2D eigenvalue weighted by Crippen LogP contribution is -1.98. The van der Waals surface area contributed by atoms with Crippen LogP contribution in [0.3, 0.4) is 0 Å². The van der Waals surface area contributed by atoms with E-state index in [0.29, 0.717) is 0 Å². The summed E-state index contributed by atoms with van der Waals surface area (Å²) < 4.78 is 8.18. The second kappa shape index (κ2) is 4.03. The molecule has 0 fully saturated rings. The van der Waals surface area contributed by atoms with E-state index < -0.39 is 0 Å². The Morgan fingerprint density at radius 2 is 2.07 bits per heavy atom. The Kier molecular flexibility index (Phi) is 2.73. The lowest BCUT2D eigenvalue weighted by Gasteiger charge is -2.09. The van der Waals surface area contributed by atoms with E-state index in [1.54, 1.807) is 7.11 Å². The molecular weight excluding hydrogens is 206 g/mol. The average Bonchev–Trinajstić information content (AvgIpc) is 2.28. The second-order valence-electron chi connectivity index (χ2n) is 3.34. The Labute approximate surface area is 94.1 Å². The van der Waals surface area contributed by atoms with Gasteiger partial charge >= 0.3 is 0 Å². The van der Waals surface area contributed by atoms with Crippen LogP contribution in [0.5, 0.6) is 5.75 Å². The summed E-state index contributed by atoms with van der Waals surface area (Å²) >= 11 is 5.27. The third kappa shape index (κ3) is 1.75. The zero-order valence-corrected chi connectivity index (χ0v) is 9.67. The third-order valence-electron chi connectivity index (χ3n) is 2.51. The van der Waals surface area contributed by atoms with Crippen molar-refractivity contribution in [2.24, 2.45) is 0 Å². The highest BCUT2D eigenvalue weighted by Gasteiger charge is 2.00. The van der Waals surface area contributed by atoms with Gasteiger partial charge in [-0.15, -0.1) is 0 Å². The Morgan fingerprint density at radius 1 is 1.27 bits per heavy atom. The molecule has 0 bridgehead atoms. The predicted octanol–water partition coefficient (Wildman–Crippen LogP) is 3.40. The Hall–Kier alpha value is -1.35. The normalized spacial score (nSPS) is 10.5. The van der Waals surface area contributed by atoms with Crippen LogP contribution in [0, 0.1) is 4.64 Å². The third-order valence-corrected chi connectivity index (χ3v) is 2.87. The van der Waals surface area contributed by atoms with Crippen LogP contribution in [0.25, 0.3) is 10.9 Å². The number of pyridine rings is 1. The first-order valence-electron chi connectivity index (χ1n) is 4.94. The molecule has 0 spiro atoms. The molecule has 0 N–H and O–H groups in total. The highest BCUT2D eigenvalue weighted by atomic mass is 32.1. The molecule has 0 saturated heterocycles. The van der Waals surface area contributed by atoms with Crippen molar-refractivity contribution < 1.29 is 4.74 Å². The number of aryl methyl sites for hydroxylation is 1. The van der Waals surface area contributed by atoms with Gasteiger partial charge in [-0.2, -0.15) is 0 Å². The summed E-state index contributed by atoms with van der Waals surface area (Å²) in [6.45, 7) is 2.99. The maximum atomic E-state index is 5.27. The number of nitrogens with zero attached hydrogens (tertiary/aromatic N) is 1. The molecule has 15 heavy (non-hydrogen) atoms. The molecule has 0 radical (unpaired) electrons. The highest BCUT2D eigenvalue weighted by molar-refractivity contribution is 7.71. The standard InChI is InChI=1S/C12H13NOS/c1-3-13-11-6-5-10(14-2)8-9(11)4-7-12(13)15/h4-8H,3H2,1-2H3. The number of hydrogen-bond acceptors (Lipinski definition) is 2. The fraction of sp³-hybridized carbons (Fsp3) is 0.250. The fourth-order valence-corrected chi connectivity index (χ4v) is 2.03. The maximum Gasteiger partial charge on any atom is 0.119 e. The van der Waals surface area contributed by atoms with E-state index in [1.165, 1.54) is 0 Å². The first kappa shape index (κ1) is 10.2. The summed E-state index contributed by atoms with van der Waals surface area (Å²) in [5.41, 5.74) is 1.16. The molecule has 1 aromatic heterocycles.